The first-order valence-electron chi connectivity index (χ1n) is 12.7. The van der Waals surface area contributed by atoms with Crippen LogP contribution in [0.5, 0.6) is 0 Å². The molecule has 0 aliphatic carbocycles. The number of carbonyl (C=O) groups is 3. The Bertz CT molecular complexity index is 1090. The van der Waals surface area contributed by atoms with E-state index < -0.39 is 24.0 Å². The molecule has 0 bridgehead atoms. The molecule has 2 atom stereocenters. The number of aryl methyl sites for hydroxylation is 1. The molecule has 1 aliphatic rings. The van der Waals surface area contributed by atoms with Gasteiger partial charge in [0, 0.05) is 30.5 Å². The number of carboxylic acid groups (broad SMARTS) is 1. The summed E-state index contributed by atoms with van der Waals surface area (Å²) in [6.07, 6.45) is 4.01. The van der Waals surface area contributed by atoms with Crippen LogP contribution in [0.1, 0.15) is 53.7 Å². The summed E-state index contributed by atoms with van der Waals surface area (Å²) in [5.74, 6) is -1.27. The molecule has 201 valence electrons. The average molecular weight is 535 g/mol. The molecular weight excluding hydrogens is 497 g/mol. The molecule has 0 aromatic heterocycles. The van der Waals surface area contributed by atoms with Crippen LogP contribution >= 0.6 is 11.8 Å². The van der Waals surface area contributed by atoms with Gasteiger partial charge in [-0.1, -0.05) is 30.3 Å². The van der Waals surface area contributed by atoms with Crippen molar-refractivity contribution in [3.8, 4) is 11.1 Å². The number of carboxylic acids is 1. The summed E-state index contributed by atoms with van der Waals surface area (Å²) in [5.41, 5.74) is 3.50. The zero-order valence-electron chi connectivity index (χ0n) is 22.7. The third kappa shape index (κ3) is 8.62. The number of hydrogen-bond acceptors (Lipinski definition) is 7. The van der Waals surface area contributed by atoms with Crippen molar-refractivity contribution in [2.75, 3.05) is 31.7 Å². The Morgan fingerprint density at radius 3 is 2.47 bits per heavy atom. The van der Waals surface area contributed by atoms with Crippen molar-refractivity contribution in [1.29, 1.82) is 0 Å². The van der Waals surface area contributed by atoms with Crippen molar-refractivity contribution in [2.45, 2.75) is 51.2 Å². The predicted molar refractivity (Wildman–Crippen MR) is 153 cm³/mol. The fraction of sp³-hybridized carbons (Fsp3) is 0.464. The second-order valence-electron chi connectivity index (χ2n) is 9.14. The van der Waals surface area contributed by atoms with E-state index in [0.29, 0.717) is 28.9 Å². The number of piperidine rings is 1. The molecule has 2 aromatic rings. The van der Waals surface area contributed by atoms with E-state index in [9.17, 15) is 19.5 Å². The van der Waals surface area contributed by atoms with Gasteiger partial charge in [0.15, 0.2) is 0 Å². The van der Waals surface area contributed by atoms with Gasteiger partial charge in [0.2, 0.25) is 0 Å². The standard InChI is InChI=1S/C28H37N3O5S.Li/c1-4-36-28(35)25(30-20-11-14-29-15-12-20)19-9-10-22(23(17-19)21-8-6-5-7-18(21)2)26(32)31-24(27(33)34)13-16-37-3;/h5-10,17,20,24-25,29-30H,4,11-16H2,1-3H3,(H,31,32)(H,33,34);/t24-,25?;/m0./s1. The maximum absolute atomic E-state index is 13.4. The molecule has 10 heteroatoms. The molecule has 1 heterocycles. The molecular formula is C28H37LiN3O5S. The third-order valence-electron chi connectivity index (χ3n) is 6.53. The first kappa shape index (κ1) is 31.9. The molecule has 1 radical (unpaired) electrons. The molecule has 8 nitrogen and oxygen atoms in total. The van der Waals surface area contributed by atoms with Crippen LogP contribution in [0.15, 0.2) is 42.5 Å². The largest absolute Gasteiger partial charge is 0.480 e. The molecule has 38 heavy (non-hydrogen) atoms. The van der Waals surface area contributed by atoms with Crippen molar-refractivity contribution in [1.82, 2.24) is 16.0 Å². The summed E-state index contributed by atoms with van der Waals surface area (Å²) in [7, 11) is 0. The van der Waals surface area contributed by atoms with Crippen LogP contribution in [0.4, 0.5) is 0 Å². The molecule has 1 amide bonds. The third-order valence-corrected chi connectivity index (χ3v) is 7.18. The van der Waals surface area contributed by atoms with Crippen molar-refractivity contribution < 1.29 is 24.2 Å². The summed E-state index contributed by atoms with van der Waals surface area (Å²) in [4.78, 5) is 38.2. The average Bonchev–Trinajstić information content (AvgIpc) is 2.90. The Morgan fingerprint density at radius 1 is 1.13 bits per heavy atom. The number of rotatable bonds is 12. The number of hydrogen-bond donors (Lipinski definition) is 4. The topological polar surface area (TPSA) is 117 Å². The van der Waals surface area contributed by atoms with Gasteiger partial charge in [-0.25, -0.2) is 9.59 Å². The van der Waals surface area contributed by atoms with Gasteiger partial charge in [0.05, 0.1) is 6.61 Å². The Kier molecular flexibility index (Phi) is 13.4. The molecule has 2 aromatic carbocycles. The molecule has 0 spiro atoms. The van der Waals surface area contributed by atoms with E-state index in [1.54, 1.807) is 19.1 Å². The Morgan fingerprint density at radius 2 is 1.84 bits per heavy atom. The van der Waals surface area contributed by atoms with Crippen molar-refractivity contribution in [2.24, 2.45) is 0 Å². The van der Waals surface area contributed by atoms with E-state index in [2.05, 4.69) is 16.0 Å². The normalized spacial score (nSPS) is 15.1. The van der Waals surface area contributed by atoms with Crippen LogP contribution in [-0.4, -0.2) is 85.6 Å². The Balaban J connectivity index is 0.00000507. The van der Waals surface area contributed by atoms with Gasteiger partial charge in [-0.3, -0.25) is 10.1 Å². The molecule has 0 saturated carbocycles. The number of nitrogens with one attached hydrogen (secondary N) is 3. The van der Waals surface area contributed by atoms with Crippen molar-refractivity contribution in [3.63, 3.8) is 0 Å². The van der Waals surface area contributed by atoms with Crippen LogP contribution in [0, 0.1) is 6.92 Å². The SMILES string of the molecule is CCOC(=O)C(NC1CCNCC1)c1ccc(C(=O)N[C@@H](CCSC)C(=O)O)c(-c2ccccc2C)c1.[Li]. The minimum atomic E-state index is -1.06. The van der Waals surface area contributed by atoms with E-state index in [1.165, 1.54) is 11.8 Å². The van der Waals surface area contributed by atoms with Gasteiger partial charge in [-0.15, -0.1) is 0 Å². The summed E-state index contributed by atoms with van der Waals surface area (Å²) >= 11 is 1.53. The number of amides is 1. The molecule has 3 rings (SSSR count). The second-order valence-corrected chi connectivity index (χ2v) is 10.1. The fourth-order valence-corrected chi connectivity index (χ4v) is 4.99. The minimum absolute atomic E-state index is 0. The minimum Gasteiger partial charge on any atom is -0.480 e. The summed E-state index contributed by atoms with van der Waals surface area (Å²) in [6, 6.07) is 11.5. The number of thioether (sulfide) groups is 1. The molecule has 1 fully saturated rings. The zero-order valence-corrected chi connectivity index (χ0v) is 23.5. The monoisotopic (exact) mass is 534 g/mol. The van der Waals surface area contributed by atoms with Gasteiger partial charge >= 0.3 is 11.9 Å². The van der Waals surface area contributed by atoms with E-state index in [1.807, 2.05) is 43.5 Å². The van der Waals surface area contributed by atoms with Crippen LogP contribution in [-0.2, 0) is 14.3 Å². The number of aliphatic carboxylic acids is 1. The molecule has 1 aliphatic heterocycles. The number of esters is 1. The fourth-order valence-electron chi connectivity index (χ4n) is 4.52. The van der Waals surface area contributed by atoms with Gasteiger partial charge in [0.1, 0.15) is 12.1 Å². The number of ether oxygens (including phenoxy) is 1. The maximum atomic E-state index is 13.4. The van der Waals surface area contributed by atoms with Crippen LogP contribution < -0.4 is 16.0 Å². The van der Waals surface area contributed by atoms with Crippen molar-refractivity contribution >= 4 is 48.5 Å². The van der Waals surface area contributed by atoms with Gasteiger partial charge in [-0.2, -0.15) is 11.8 Å². The summed E-state index contributed by atoms with van der Waals surface area (Å²) in [5, 5.41) is 19.1. The molecule has 1 unspecified atom stereocenters. The summed E-state index contributed by atoms with van der Waals surface area (Å²) < 4.78 is 5.40. The Labute approximate surface area is 241 Å². The van der Waals surface area contributed by atoms with Gasteiger partial charge in [-0.05, 0) is 92.6 Å². The second kappa shape index (κ2) is 16.0. The number of carbonyl (C=O) groups excluding carboxylic acids is 2. The van der Waals surface area contributed by atoms with Crippen molar-refractivity contribution in [3.05, 3.63) is 59.2 Å². The van der Waals surface area contributed by atoms with E-state index in [-0.39, 0.29) is 37.5 Å². The van der Waals surface area contributed by atoms with E-state index in [4.69, 9.17) is 4.74 Å². The van der Waals surface area contributed by atoms with E-state index >= 15 is 0 Å². The Hall–Kier alpha value is -2.28. The zero-order chi connectivity index (χ0) is 26.8. The summed E-state index contributed by atoms with van der Waals surface area (Å²) in [6.45, 7) is 5.76. The molecule has 1 saturated heterocycles. The smallest absolute Gasteiger partial charge is 0.327 e. The first-order valence-corrected chi connectivity index (χ1v) is 14.1. The molecule has 4 N–H and O–H groups in total. The van der Waals surface area contributed by atoms with E-state index in [0.717, 1.165) is 37.1 Å². The number of benzene rings is 2. The predicted octanol–water partition coefficient (Wildman–Crippen LogP) is 3.16. The quantitative estimate of drug-likeness (QED) is 0.242. The van der Waals surface area contributed by atoms with Crippen LogP contribution in [0.2, 0.25) is 0 Å². The van der Waals surface area contributed by atoms with Gasteiger partial charge < -0.3 is 20.5 Å². The van der Waals surface area contributed by atoms with Crippen LogP contribution in [0.3, 0.4) is 0 Å². The maximum Gasteiger partial charge on any atom is 0.327 e. The van der Waals surface area contributed by atoms with Gasteiger partial charge in [0.25, 0.3) is 5.91 Å². The van der Waals surface area contributed by atoms with Crippen LogP contribution in [0.25, 0.3) is 11.1 Å². The first-order chi connectivity index (χ1) is 17.8.